The standard InChI is InChI=1S/C14H14ClN3O2/c1-2-8-5-10(3-4-12(8)15)20-14-11(13(17)19)6-9(16)7-18-14/h3-7H,2,16H2,1H3,(H2,17,19). The number of ether oxygens (including phenoxy) is 1. The second-order valence-electron chi connectivity index (χ2n) is 4.19. The number of aromatic nitrogens is 1. The Labute approximate surface area is 121 Å². The van der Waals surface area contributed by atoms with E-state index in [9.17, 15) is 4.79 Å². The molecule has 20 heavy (non-hydrogen) atoms. The van der Waals surface area contributed by atoms with Crippen molar-refractivity contribution in [1.82, 2.24) is 4.98 Å². The van der Waals surface area contributed by atoms with E-state index in [4.69, 9.17) is 27.8 Å². The first-order chi connectivity index (χ1) is 9.51. The Morgan fingerprint density at radius 3 is 2.80 bits per heavy atom. The molecule has 1 aromatic heterocycles. The van der Waals surface area contributed by atoms with Gasteiger partial charge in [-0.3, -0.25) is 4.79 Å². The first kappa shape index (κ1) is 14.1. The first-order valence-electron chi connectivity index (χ1n) is 6.03. The molecule has 0 aliphatic carbocycles. The van der Waals surface area contributed by atoms with E-state index >= 15 is 0 Å². The fourth-order valence-corrected chi connectivity index (χ4v) is 1.97. The zero-order chi connectivity index (χ0) is 14.7. The van der Waals surface area contributed by atoms with E-state index in [1.54, 1.807) is 18.2 Å². The highest BCUT2D eigenvalue weighted by Gasteiger charge is 2.13. The van der Waals surface area contributed by atoms with Crippen LogP contribution in [0.15, 0.2) is 30.5 Å². The Hall–Kier alpha value is -2.27. The molecule has 4 N–H and O–H groups in total. The van der Waals surface area contributed by atoms with Crippen LogP contribution in [0, 0.1) is 0 Å². The number of amides is 1. The van der Waals surface area contributed by atoms with Gasteiger partial charge in [0.1, 0.15) is 11.3 Å². The summed E-state index contributed by atoms with van der Waals surface area (Å²) in [5, 5.41) is 0.667. The van der Waals surface area contributed by atoms with E-state index in [0.717, 1.165) is 12.0 Å². The van der Waals surface area contributed by atoms with Crippen LogP contribution in [-0.2, 0) is 6.42 Å². The maximum Gasteiger partial charge on any atom is 0.254 e. The van der Waals surface area contributed by atoms with Gasteiger partial charge in [-0.1, -0.05) is 18.5 Å². The number of carbonyl (C=O) groups excluding carboxylic acids is 1. The van der Waals surface area contributed by atoms with Crippen molar-refractivity contribution in [3.05, 3.63) is 46.6 Å². The minimum Gasteiger partial charge on any atom is -0.438 e. The Balaban J connectivity index is 2.37. The molecule has 2 aromatic rings. The van der Waals surface area contributed by atoms with Crippen molar-refractivity contribution >= 4 is 23.2 Å². The van der Waals surface area contributed by atoms with Crippen molar-refractivity contribution in [2.45, 2.75) is 13.3 Å². The number of benzene rings is 1. The molecule has 0 radical (unpaired) electrons. The predicted octanol–water partition coefficient (Wildman–Crippen LogP) is 2.77. The van der Waals surface area contributed by atoms with E-state index < -0.39 is 5.91 Å². The van der Waals surface area contributed by atoms with Crippen LogP contribution >= 0.6 is 11.6 Å². The molecule has 5 nitrogen and oxygen atoms in total. The fourth-order valence-electron chi connectivity index (χ4n) is 1.72. The van der Waals surface area contributed by atoms with Gasteiger partial charge in [0, 0.05) is 5.02 Å². The number of nitrogens with zero attached hydrogens (tertiary/aromatic N) is 1. The predicted molar refractivity (Wildman–Crippen MR) is 78.1 cm³/mol. The van der Waals surface area contributed by atoms with Crippen LogP contribution in [0.5, 0.6) is 11.6 Å². The van der Waals surface area contributed by atoms with Crippen molar-refractivity contribution < 1.29 is 9.53 Å². The summed E-state index contributed by atoms with van der Waals surface area (Å²) >= 11 is 6.04. The molecule has 0 saturated carbocycles. The lowest BCUT2D eigenvalue weighted by atomic mass is 10.1. The molecule has 0 spiro atoms. The molecule has 1 amide bonds. The Bertz CT molecular complexity index is 659. The lowest BCUT2D eigenvalue weighted by molar-refractivity contribution is 0.0997. The maximum absolute atomic E-state index is 11.4. The van der Waals surface area contributed by atoms with E-state index in [-0.39, 0.29) is 11.4 Å². The second kappa shape index (κ2) is 5.79. The summed E-state index contributed by atoms with van der Waals surface area (Å²) < 4.78 is 5.60. The molecule has 2 rings (SSSR count). The number of aryl methyl sites for hydroxylation is 1. The lowest BCUT2D eigenvalue weighted by Gasteiger charge is -2.10. The van der Waals surface area contributed by atoms with Gasteiger partial charge in [0.15, 0.2) is 0 Å². The summed E-state index contributed by atoms with van der Waals surface area (Å²) in [6.07, 6.45) is 2.17. The molecule has 1 heterocycles. The lowest BCUT2D eigenvalue weighted by Crippen LogP contribution is -2.13. The minimum absolute atomic E-state index is 0.121. The number of pyridine rings is 1. The van der Waals surface area contributed by atoms with E-state index in [1.807, 2.05) is 6.92 Å². The third-order valence-electron chi connectivity index (χ3n) is 2.75. The number of halogens is 1. The molecular formula is C14H14ClN3O2. The zero-order valence-corrected chi connectivity index (χ0v) is 11.6. The van der Waals surface area contributed by atoms with Crippen LogP contribution in [-0.4, -0.2) is 10.9 Å². The number of nitrogen functional groups attached to an aromatic ring is 1. The van der Waals surface area contributed by atoms with Crippen molar-refractivity contribution in [3.8, 4) is 11.6 Å². The van der Waals surface area contributed by atoms with E-state index in [0.29, 0.717) is 16.5 Å². The normalized spacial score (nSPS) is 10.3. The Morgan fingerprint density at radius 2 is 2.15 bits per heavy atom. The van der Waals surface area contributed by atoms with Crippen LogP contribution in [0.4, 0.5) is 5.69 Å². The summed E-state index contributed by atoms with van der Waals surface area (Å²) in [5.41, 5.74) is 12.3. The third-order valence-corrected chi connectivity index (χ3v) is 3.12. The minimum atomic E-state index is -0.649. The van der Waals surface area contributed by atoms with Crippen LogP contribution in [0.25, 0.3) is 0 Å². The Kier molecular flexibility index (Phi) is 4.10. The number of anilines is 1. The second-order valence-corrected chi connectivity index (χ2v) is 4.60. The molecule has 0 fully saturated rings. The van der Waals surface area contributed by atoms with Gasteiger partial charge in [-0.05, 0) is 36.2 Å². The van der Waals surface area contributed by atoms with E-state index in [1.165, 1.54) is 12.3 Å². The first-order valence-corrected chi connectivity index (χ1v) is 6.40. The van der Waals surface area contributed by atoms with Crippen molar-refractivity contribution in [2.24, 2.45) is 5.73 Å². The van der Waals surface area contributed by atoms with Gasteiger partial charge in [0.2, 0.25) is 5.88 Å². The van der Waals surface area contributed by atoms with Gasteiger partial charge in [-0.2, -0.15) is 0 Å². The number of hydrogen-bond acceptors (Lipinski definition) is 4. The molecule has 6 heteroatoms. The zero-order valence-electron chi connectivity index (χ0n) is 10.9. The van der Waals surface area contributed by atoms with Gasteiger partial charge in [0.25, 0.3) is 5.91 Å². The number of carbonyl (C=O) groups is 1. The van der Waals surface area contributed by atoms with Crippen molar-refractivity contribution in [2.75, 3.05) is 5.73 Å². The van der Waals surface area contributed by atoms with Gasteiger partial charge < -0.3 is 16.2 Å². The van der Waals surface area contributed by atoms with Crippen molar-refractivity contribution in [3.63, 3.8) is 0 Å². The van der Waals surface area contributed by atoms with Gasteiger partial charge in [0.05, 0.1) is 11.9 Å². The molecule has 0 bridgehead atoms. The molecule has 0 aliphatic rings. The molecule has 0 aliphatic heterocycles. The highest BCUT2D eigenvalue weighted by atomic mass is 35.5. The maximum atomic E-state index is 11.4. The average molecular weight is 292 g/mol. The number of nitrogens with two attached hydrogens (primary N) is 2. The molecule has 0 unspecified atom stereocenters. The van der Waals surface area contributed by atoms with Gasteiger partial charge in [-0.25, -0.2) is 4.98 Å². The van der Waals surface area contributed by atoms with Crippen LogP contribution in [0.2, 0.25) is 5.02 Å². The molecule has 104 valence electrons. The highest BCUT2D eigenvalue weighted by molar-refractivity contribution is 6.31. The van der Waals surface area contributed by atoms with Crippen LogP contribution in [0.3, 0.4) is 0 Å². The third kappa shape index (κ3) is 3.00. The molecule has 0 saturated heterocycles. The van der Waals surface area contributed by atoms with Crippen LogP contribution in [0.1, 0.15) is 22.8 Å². The number of hydrogen-bond donors (Lipinski definition) is 2. The quantitative estimate of drug-likeness (QED) is 0.906. The monoisotopic (exact) mass is 291 g/mol. The molecule has 1 aromatic carbocycles. The summed E-state index contributed by atoms with van der Waals surface area (Å²) in [7, 11) is 0. The van der Waals surface area contributed by atoms with Crippen molar-refractivity contribution in [1.29, 1.82) is 0 Å². The van der Waals surface area contributed by atoms with Crippen LogP contribution < -0.4 is 16.2 Å². The van der Waals surface area contributed by atoms with E-state index in [2.05, 4.69) is 4.98 Å². The highest BCUT2D eigenvalue weighted by Crippen LogP contribution is 2.28. The largest absolute Gasteiger partial charge is 0.438 e. The van der Waals surface area contributed by atoms with Gasteiger partial charge >= 0.3 is 0 Å². The summed E-state index contributed by atoms with van der Waals surface area (Å²) in [6.45, 7) is 1.99. The summed E-state index contributed by atoms with van der Waals surface area (Å²) in [4.78, 5) is 15.4. The average Bonchev–Trinajstić information content (AvgIpc) is 2.42. The van der Waals surface area contributed by atoms with Gasteiger partial charge in [-0.15, -0.1) is 0 Å². The molecule has 0 atom stereocenters. The Morgan fingerprint density at radius 1 is 1.40 bits per heavy atom. The topological polar surface area (TPSA) is 91.2 Å². The number of primary amides is 1. The smallest absolute Gasteiger partial charge is 0.254 e. The number of rotatable bonds is 4. The summed E-state index contributed by atoms with van der Waals surface area (Å²) in [5.74, 6) is 0.00609. The fraction of sp³-hybridized carbons (Fsp3) is 0.143. The summed E-state index contributed by atoms with van der Waals surface area (Å²) in [6, 6.07) is 6.66. The SMILES string of the molecule is CCc1cc(Oc2ncc(N)cc2C(N)=O)ccc1Cl. The molecular weight excluding hydrogens is 278 g/mol.